The van der Waals surface area contributed by atoms with Crippen molar-refractivity contribution in [2.45, 2.75) is 20.0 Å². The molecule has 7 heteroatoms. The van der Waals surface area contributed by atoms with Gasteiger partial charge in [-0.2, -0.15) is 14.9 Å². The van der Waals surface area contributed by atoms with Gasteiger partial charge in [-0.1, -0.05) is 24.3 Å². The monoisotopic (exact) mass is 354 g/mol. The highest BCUT2D eigenvalue weighted by atomic mass is 32.1. The molecule has 2 N–H and O–H groups in total. The molecular weight excluding hydrogens is 336 g/mol. The summed E-state index contributed by atoms with van der Waals surface area (Å²) in [7, 11) is 0. The van der Waals surface area contributed by atoms with E-state index in [1.54, 1.807) is 24.4 Å². The molecule has 0 radical (unpaired) electrons. The predicted octanol–water partition coefficient (Wildman–Crippen LogP) is 3.98. The second kappa shape index (κ2) is 7.31. The number of nitrogens with zero attached hydrogens (tertiary/aromatic N) is 3. The summed E-state index contributed by atoms with van der Waals surface area (Å²) in [5.41, 5.74) is 1.41. The topological polar surface area (TPSA) is 75.4 Å². The number of aromatic hydroxyl groups is 1. The highest BCUT2D eigenvalue weighted by Crippen LogP contribution is 2.23. The molecule has 0 saturated carbocycles. The minimum atomic E-state index is 0.0788. The number of aromatic amines is 1. The Hall–Kier alpha value is -2.93. The normalized spacial score (nSPS) is 11.3. The van der Waals surface area contributed by atoms with Gasteiger partial charge < -0.3 is 9.84 Å². The molecule has 1 heterocycles. The average molecular weight is 354 g/mol. The van der Waals surface area contributed by atoms with Crippen LogP contribution in [0, 0.1) is 4.77 Å². The van der Waals surface area contributed by atoms with Crippen molar-refractivity contribution in [1.29, 1.82) is 0 Å². The Morgan fingerprint density at radius 1 is 1.24 bits per heavy atom. The number of nitrogens with one attached hydrogen (secondary N) is 1. The summed E-state index contributed by atoms with van der Waals surface area (Å²) >= 11 is 5.26. The van der Waals surface area contributed by atoms with E-state index in [1.165, 1.54) is 4.68 Å². The van der Waals surface area contributed by atoms with Gasteiger partial charge in [0.25, 0.3) is 0 Å². The van der Waals surface area contributed by atoms with Gasteiger partial charge in [0.15, 0.2) is 5.82 Å². The van der Waals surface area contributed by atoms with E-state index in [2.05, 4.69) is 15.3 Å². The fourth-order valence-corrected chi connectivity index (χ4v) is 2.46. The third-order valence-electron chi connectivity index (χ3n) is 3.36. The number of hydrogen-bond donors (Lipinski definition) is 2. The van der Waals surface area contributed by atoms with Gasteiger partial charge in [-0.15, -0.1) is 0 Å². The lowest BCUT2D eigenvalue weighted by Gasteiger charge is -2.10. The van der Waals surface area contributed by atoms with Gasteiger partial charge in [-0.05, 0) is 50.3 Å². The third kappa shape index (κ3) is 3.95. The van der Waals surface area contributed by atoms with Crippen LogP contribution in [0.1, 0.15) is 19.4 Å². The van der Waals surface area contributed by atoms with Crippen molar-refractivity contribution in [3.05, 3.63) is 58.9 Å². The van der Waals surface area contributed by atoms with Gasteiger partial charge in [-0.25, -0.2) is 5.10 Å². The van der Waals surface area contributed by atoms with Crippen LogP contribution < -0.4 is 4.74 Å². The molecule has 0 saturated heterocycles. The molecule has 0 atom stereocenters. The second-order valence-corrected chi connectivity index (χ2v) is 6.05. The molecule has 0 spiro atoms. The number of phenolic OH excluding ortho intramolecular Hbond substituents is 1. The van der Waals surface area contributed by atoms with Gasteiger partial charge in [0.2, 0.25) is 4.77 Å². The summed E-state index contributed by atoms with van der Waals surface area (Å²) in [6, 6.07) is 14.5. The van der Waals surface area contributed by atoms with E-state index >= 15 is 0 Å². The molecule has 3 rings (SSSR count). The second-order valence-electron chi connectivity index (χ2n) is 5.66. The molecule has 0 unspecified atom stereocenters. The number of benzene rings is 2. The molecule has 6 nitrogen and oxygen atoms in total. The molecule has 3 aromatic rings. The Morgan fingerprint density at radius 3 is 2.80 bits per heavy atom. The average Bonchev–Trinajstić information content (AvgIpc) is 2.95. The first-order valence-corrected chi connectivity index (χ1v) is 8.22. The van der Waals surface area contributed by atoms with Crippen molar-refractivity contribution in [3.8, 4) is 22.9 Å². The summed E-state index contributed by atoms with van der Waals surface area (Å²) in [6.45, 7) is 3.94. The molecule has 0 fully saturated rings. The Balaban J connectivity index is 1.98. The molecule has 0 amide bonds. The molecular formula is C18H18N4O2S. The molecule has 0 bridgehead atoms. The maximum absolute atomic E-state index is 9.85. The number of aromatic nitrogens is 3. The van der Waals surface area contributed by atoms with E-state index in [9.17, 15) is 5.11 Å². The van der Waals surface area contributed by atoms with Crippen molar-refractivity contribution >= 4 is 18.4 Å². The van der Waals surface area contributed by atoms with E-state index in [4.69, 9.17) is 17.0 Å². The SMILES string of the molecule is CC(C)Oc1cccc(-c2n[nH]c(=S)n2/N=C\c2ccccc2O)c1. The van der Waals surface area contributed by atoms with Crippen molar-refractivity contribution in [2.75, 3.05) is 0 Å². The number of para-hydroxylation sites is 1. The Bertz CT molecular complexity index is 959. The van der Waals surface area contributed by atoms with Crippen LogP contribution in [-0.2, 0) is 0 Å². The van der Waals surface area contributed by atoms with Crippen LogP contribution >= 0.6 is 12.2 Å². The molecule has 0 aliphatic carbocycles. The molecule has 2 aromatic carbocycles. The number of ether oxygens (including phenoxy) is 1. The predicted molar refractivity (Wildman–Crippen MR) is 99.7 cm³/mol. The zero-order valence-corrected chi connectivity index (χ0v) is 14.7. The number of phenols is 1. The lowest BCUT2D eigenvalue weighted by Crippen LogP contribution is -2.05. The van der Waals surface area contributed by atoms with Gasteiger partial charge in [0.1, 0.15) is 11.5 Å². The quantitative estimate of drug-likeness (QED) is 0.537. The lowest BCUT2D eigenvalue weighted by atomic mass is 10.2. The maximum Gasteiger partial charge on any atom is 0.216 e. The molecule has 1 aromatic heterocycles. The lowest BCUT2D eigenvalue weighted by molar-refractivity contribution is 0.242. The standard InChI is InChI=1S/C18H18N4O2S/c1-12(2)24-15-8-5-7-13(10-15)17-20-21-18(25)22(17)19-11-14-6-3-4-9-16(14)23/h3-12,23H,1-2H3,(H,21,25)/b19-11-. The zero-order chi connectivity index (χ0) is 17.8. The van der Waals surface area contributed by atoms with Crippen molar-refractivity contribution in [3.63, 3.8) is 0 Å². The van der Waals surface area contributed by atoms with Crippen LogP contribution in [0.25, 0.3) is 11.4 Å². The van der Waals surface area contributed by atoms with Crippen molar-refractivity contribution in [1.82, 2.24) is 14.9 Å². The van der Waals surface area contributed by atoms with Crippen molar-refractivity contribution < 1.29 is 9.84 Å². The first-order chi connectivity index (χ1) is 12.0. The van der Waals surface area contributed by atoms with Crippen molar-refractivity contribution in [2.24, 2.45) is 5.10 Å². The van der Waals surface area contributed by atoms with Crippen LogP contribution in [0.15, 0.2) is 53.6 Å². The third-order valence-corrected chi connectivity index (χ3v) is 3.63. The fourth-order valence-electron chi connectivity index (χ4n) is 2.28. The van der Waals surface area contributed by atoms with Crippen LogP contribution in [-0.4, -0.2) is 32.3 Å². The fraction of sp³-hybridized carbons (Fsp3) is 0.167. The number of H-pyrrole nitrogens is 1. The Morgan fingerprint density at radius 2 is 2.04 bits per heavy atom. The van der Waals surface area contributed by atoms with E-state index in [1.807, 2.05) is 44.2 Å². The Labute approximate surface area is 150 Å². The first kappa shape index (κ1) is 16.9. The van der Waals surface area contributed by atoms with E-state index < -0.39 is 0 Å². The highest BCUT2D eigenvalue weighted by Gasteiger charge is 2.10. The van der Waals surface area contributed by atoms with Gasteiger partial charge in [0.05, 0.1) is 12.3 Å². The van der Waals surface area contributed by atoms with Gasteiger partial charge in [0, 0.05) is 11.1 Å². The summed E-state index contributed by atoms with van der Waals surface area (Å²) in [5.74, 6) is 1.46. The smallest absolute Gasteiger partial charge is 0.216 e. The zero-order valence-electron chi connectivity index (χ0n) is 13.9. The minimum absolute atomic E-state index is 0.0788. The van der Waals surface area contributed by atoms with Crippen LogP contribution in [0.3, 0.4) is 0 Å². The van der Waals surface area contributed by atoms with Gasteiger partial charge >= 0.3 is 0 Å². The summed E-state index contributed by atoms with van der Waals surface area (Å²) in [6.07, 6.45) is 1.62. The largest absolute Gasteiger partial charge is 0.507 e. The number of rotatable bonds is 5. The van der Waals surface area contributed by atoms with E-state index in [0.29, 0.717) is 16.2 Å². The molecule has 0 aliphatic heterocycles. The first-order valence-electron chi connectivity index (χ1n) is 7.81. The molecule has 25 heavy (non-hydrogen) atoms. The van der Waals surface area contributed by atoms with Crippen LogP contribution in [0.4, 0.5) is 0 Å². The van der Waals surface area contributed by atoms with Crippen LogP contribution in [0.5, 0.6) is 11.5 Å². The summed E-state index contributed by atoms with van der Waals surface area (Å²) < 4.78 is 7.59. The molecule has 0 aliphatic rings. The summed E-state index contributed by atoms with van der Waals surface area (Å²) in [4.78, 5) is 0. The van der Waals surface area contributed by atoms with Crippen LogP contribution in [0.2, 0.25) is 0 Å². The maximum atomic E-state index is 9.85. The van der Waals surface area contributed by atoms with E-state index in [0.717, 1.165) is 11.3 Å². The van der Waals surface area contributed by atoms with E-state index in [-0.39, 0.29) is 11.9 Å². The highest BCUT2D eigenvalue weighted by molar-refractivity contribution is 7.71. The Kier molecular flexibility index (Phi) is 4.95. The van der Waals surface area contributed by atoms with Gasteiger partial charge in [-0.3, -0.25) is 0 Å². The molecule has 128 valence electrons. The minimum Gasteiger partial charge on any atom is -0.507 e. The summed E-state index contributed by atoms with van der Waals surface area (Å²) in [5, 5.41) is 21.2. The number of hydrogen-bond acceptors (Lipinski definition) is 5.